The van der Waals surface area contributed by atoms with Crippen LogP contribution in [-0.4, -0.2) is 27.3 Å². The number of aromatic nitrogens is 4. The van der Waals surface area contributed by atoms with Crippen LogP contribution in [0.2, 0.25) is 0 Å². The van der Waals surface area contributed by atoms with Crippen LogP contribution in [0.25, 0.3) is 22.6 Å². The third-order valence-corrected chi connectivity index (χ3v) is 3.61. The molecule has 3 heterocycles. The Morgan fingerprint density at radius 3 is 2.68 bits per heavy atom. The van der Waals surface area contributed by atoms with Crippen molar-refractivity contribution in [3.63, 3.8) is 0 Å². The molecule has 124 valence electrons. The van der Waals surface area contributed by atoms with E-state index in [4.69, 9.17) is 13.9 Å². The molecule has 7 heteroatoms. The number of oxazole rings is 1. The highest BCUT2D eigenvalue weighted by Crippen LogP contribution is 2.26. The number of nitrogens with zero attached hydrogens (tertiary/aromatic N) is 4. The van der Waals surface area contributed by atoms with E-state index in [1.54, 1.807) is 31.8 Å². The molecule has 0 saturated heterocycles. The fourth-order valence-electron chi connectivity index (χ4n) is 2.31. The summed E-state index contributed by atoms with van der Waals surface area (Å²) in [5.74, 6) is 1.91. The molecule has 0 aliphatic rings. The number of benzene rings is 1. The molecule has 25 heavy (non-hydrogen) atoms. The first-order valence-corrected chi connectivity index (χ1v) is 7.61. The maximum atomic E-state index is 5.78. The lowest BCUT2D eigenvalue weighted by Gasteiger charge is -2.06. The van der Waals surface area contributed by atoms with E-state index in [2.05, 4.69) is 20.2 Å². The second kappa shape index (κ2) is 6.56. The van der Waals surface area contributed by atoms with Crippen molar-refractivity contribution in [3.8, 4) is 23.0 Å². The highest BCUT2D eigenvalue weighted by Gasteiger charge is 2.09. The fourth-order valence-corrected chi connectivity index (χ4v) is 2.31. The number of methoxy groups -OCH3 is 1. The van der Waals surface area contributed by atoms with Gasteiger partial charge in [-0.1, -0.05) is 0 Å². The summed E-state index contributed by atoms with van der Waals surface area (Å²) >= 11 is 0. The smallest absolute Gasteiger partial charge is 0.229 e. The first-order chi connectivity index (χ1) is 12.3. The maximum Gasteiger partial charge on any atom is 0.229 e. The number of fused-ring (bicyclic) bond motifs is 1. The normalized spacial score (nSPS) is 10.8. The Morgan fingerprint density at radius 1 is 1.00 bits per heavy atom. The lowest BCUT2D eigenvalue weighted by Crippen LogP contribution is -1.98. The molecule has 4 rings (SSSR count). The minimum absolute atomic E-state index is 0.356. The van der Waals surface area contributed by atoms with Crippen LogP contribution >= 0.6 is 0 Å². The molecule has 0 bridgehead atoms. The standard InChI is InChI=1S/C18H14N4O3/c1-23-15-3-2-13(19-10-15)11-24-14-4-5-17-16(8-14)22-18(25-17)12-6-7-20-21-9-12/h2-10H,11H2,1H3. The van der Waals surface area contributed by atoms with Crippen molar-refractivity contribution >= 4 is 11.1 Å². The van der Waals surface area contributed by atoms with E-state index in [1.807, 2.05) is 30.3 Å². The van der Waals surface area contributed by atoms with Crippen LogP contribution in [0.15, 0.2) is 59.4 Å². The second-order valence-corrected chi connectivity index (χ2v) is 5.26. The van der Waals surface area contributed by atoms with Gasteiger partial charge in [-0.2, -0.15) is 10.2 Å². The lowest BCUT2D eigenvalue weighted by atomic mass is 10.3. The van der Waals surface area contributed by atoms with Crippen LogP contribution in [0.1, 0.15) is 5.69 Å². The van der Waals surface area contributed by atoms with Gasteiger partial charge in [0.05, 0.1) is 37.0 Å². The zero-order valence-corrected chi connectivity index (χ0v) is 13.4. The Hall–Kier alpha value is -3.48. The van der Waals surface area contributed by atoms with E-state index >= 15 is 0 Å². The minimum atomic E-state index is 0.356. The van der Waals surface area contributed by atoms with Crippen molar-refractivity contribution in [3.05, 3.63) is 60.7 Å². The predicted molar refractivity (Wildman–Crippen MR) is 90.2 cm³/mol. The van der Waals surface area contributed by atoms with Crippen molar-refractivity contribution in [2.75, 3.05) is 7.11 Å². The summed E-state index contributed by atoms with van der Waals surface area (Å²) in [5, 5.41) is 7.58. The first-order valence-electron chi connectivity index (χ1n) is 7.61. The van der Waals surface area contributed by atoms with Crippen molar-refractivity contribution in [2.45, 2.75) is 6.61 Å². The quantitative estimate of drug-likeness (QED) is 0.554. The molecular weight excluding hydrogens is 320 g/mol. The molecule has 0 saturated carbocycles. The topological polar surface area (TPSA) is 83.2 Å². The van der Waals surface area contributed by atoms with E-state index in [9.17, 15) is 0 Å². The van der Waals surface area contributed by atoms with Gasteiger partial charge >= 0.3 is 0 Å². The molecule has 0 N–H and O–H groups in total. The molecule has 0 aliphatic carbocycles. The van der Waals surface area contributed by atoms with Crippen molar-refractivity contribution in [1.82, 2.24) is 20.2 Å². The van der Waals surface area contributed by atoms with Gasteiger partial charge < -0.3 is 13.9 Å². The lowest BCUT2D eigenvalue weighted by molar-refractivity contribution is 0.301. The average molecular weight is 334 g/mol. The van der Waals surface area contributed by atoms with Crippen LogP contribution < -0.4 is 9.47 Å². The summed E-state index contributed by atoms with van der Waals surface area (Å²) in [4.78, 5) is 8.75. The molecule has 4 aromatic rings. The number of rotatable bonds is 5. The molecule has 0 spiro atoms. The van der Waals surface area contributed by atoms with Crippen LogP contribution in [0.4, 0.5) is 0 Å². The molecule has 0 fully saturated rings. The summed E-state index contributed by atoms with van der Waals surface area (Å²) in [6.45, 7) is 0.356. The summed E-state index contributed by atoms with van der Waals surface area (Å²) in [6, 6.07) is 11.0. The largest absolute Gasteiger partial charge is 0.495 e. The fraction of sp³-hybridized carbons (Fsp3) is 0.111. The van der Waals surface area contributed by atoms with Gasteiger partial charge in [0.2, 0.25) is 5.89 Å². The van der Waals surface area contributed by atoms with Gasteiger partial charge in [-0.15, -0.1) is 0 Å². The second-order valence-electron chi connectivity index (χ2n) is 5.26. The monoisotopic (exact) mass is 334 g/mol. The predicted octanol–water partition coefficient (Wildman–Crippen LogP) is 3.27. The average Bonchev–Trinajstić information content (AvgIpc) is 3.11. The zero-order chi connectivity index (χ0) is 17.1. The molecule has 0 atom stereocenters. The van der Waals surface area contributed by atoms with E-state index in [1.165, 1.54) is 0 Å². The number of ether oxygens (including phenoxy) is 2. The van der Waals surface area contributed by atoms with E-state index < -0.39 is 0 Å². The summed E-state index contributed by atoms with van der Waals surface area (Å²) in [6.07, 6.45) is 4.87. The summed E-state index contributed by atoms with van der Waals surface area (Å²) in [7, 11) is 1.61. The van der Waals surface area contributed by atoms with Gasteiger partial charge in [-0.3, -0.25) is 4.98 Å². The SMILES string of the molecule is COc1ccc(COc2ccc3oc(-c4ccnnc4)nc3c2)nc1. The molecule has 0 radical (unpaired) electrons. The van der Waals surface area contributed by atoms with Gasteiger partial charge in [0.1, 0.15) is 23.6 Å². The molecule has 3 aromatic heterocycles. The maximum absolute atomic E-state index is 5.78. The Labute approximate surface area is 143 Å². The molecule has 0 unspecified atom stereocenters. The third-order valence-electron chi connectivity index (χ3n) is 3.61. The third kappa shape index (κ3) is 3.25. The van der Waals surface area contributed by atoms with Gasteiger partial charge in [-0.25, -0.2) is 4.98 Å². The number of pyridine rings is 1. The van der Waals surface area contributed by atoms with Crippen LogP contribution in [0.3, 0.4) is 0 Å². The molecule has 1 aromatic carbocycles. The van der Waals surface area contributed by atoms with Crippen molar-refractivity contribution < 1.29 is 13.9 Å². The molecule has 7 nitrogen and oxygen atoms in total. The zero-order valence-electron chi connectivity index (χ0n) is 13.4. The Kier molecular flexibility index (Phi) is 3.96. The number of hydrogen-bond acceptors (Lipinski definition) is 7. The van der Waals surface area contributed by atoms with Gasteiger partial charge in [0.25, 0.3) is 0 Å². The Balaban J connectivity index is 1.52. The highest BCUT2D eigenvalue weighted by atomic mass is 16.5. The Morgan fingerprint density at radius 2 is 1.92 bits per heavy atom. The van der Waals surface area contributed by atoms with Crippen molar-refractivity contribution in [2.24, 2.45) is 0 Å². The van der Waals surface area contributed by atoms with Crippen LogP contribution in [0, 0.1) is 0 Å². The molecule has 0 amide bonds. The van der Waals surface area contributed by atoms with Gasteiger partial charge in [0, 0.05) is 6.07 Å². The minimum Gasteiger partial charge on any atom is -0.495 e. The van der Waals surface area contributed by atoms with Gasteiger partial charge in [-0.05, 0) is 30.3 Å². The van der Waals surface area contributed by atoms with Crippen molar-refractivity contribution in [1.29, 1.82) is 0 Å². The van der Waals surface area contributed by atoms with E-state index in [0.717, 1.165) is 11.3 Å². The Bertz CT molecular complexity index is 984. The van der Waals surface area contributed by atoms with E-state index in [-0.39, 0.29) is 0 Å². The van der Waals surface area contributed by atoms with Crippen LogP contribution in [-0.2, 0) is 6.61 Å². The van der Waals surface area contributed by atoms with Crippen LogP contribution in [0.5, 0.6) is 11.5 Å². The highest BCUT2D eigenvalue weighted by molar-refractivity contribution is 5.77. The molecule has 0 aliphatic heterocycles. The number of hydrogen-bond donors (Lipinski definition) is 0. The first kappa shape index (κ1) is 15.1. The molecular formula is C18H14N4O3. The summed E-state index contributed by atoms with van der Waals surface area (Å²) < 4.78 is 16.6. The van der Waals surface area contributed by atoms with Gasteiger partial charge in [0.15, 0.2) is 5.58 Å². The van der Waals surface area contributed by atoms with E-state index in [0.29, 0.717) is 35.1 Å². The summed E-state index contributed by atoms with van der Waals surface area (Å²) in [5.41, 5.74) is 2.98.